The molecule has 0 bridgehead atoms. The molecule has 1 amide bonds. The van der Waals surface area contributed by atoms with Crippen LogP contribution in [0.1, 0.15) is 27.9 Å². The second-order valence-electron chi connectivity index (χ2n) is 6.49. The van der Waals surface area contributed by atoms with Crippen LogP contribution in [0.3, 0.4) is 0 Å². The Kier molecular flexibility index (Phi) is 4.40. The summed E-state index contributed by atoms with van der Waals surface area (Å²) >= 11 is 0. The third-order valence-corrected chi connectivity index (χ3v) is 4.73. The minimum atomic E-state index is -0.465. The van der Waals surface area contributed by atoms with E-state index in [1.54, 1.807) is 6.07 Å². The minimum Gasteiger partial charge on any atom is -0.452 e. The SMILES string of the molecule is O=C(COC(=O)c1ccc2c(c1)CCC2)Nc1cccc2ccccc12. The van der Waals surface area contributed by atoms with E-state index in [2.05, 4.69) is 5.32 Å². The van der Waals surface area contributed by atoms with Crippen molar-refractivity contribution < 1.29 is 14.3 Å². The number of fused-ring (bicyclic) bond motifs is 2. The van der Waals surface area contributed by atoms with E-state index in [0.29, 0.717) is 11.3 Å². The number of aryl methyl sites for hydroxylation is 2. The van der Waals surface area contributed by atoms with E-state index in [1.165, 1.54) is 11.1 Å². The molecule has 3 aromatic rings. The second kappa shape index (κ2) is 7.00. The topological polar surface area (TPSA) is 55.4 Å². The lowest BCUT2D eigenvalue weighted by atomic mass is 10.1. The predicted molar refractivity (Wildman–Crippen MR) is 101 cm³/mol. The zero-order valence-electron chi connectivity index (χ0n) is 14.3. The molecule has 1 aliphatic rings. The van der Waals surface area contributed by atoms with Crippen LogP contribution in [0.2, 0.25) is 0 Å². The van der Waals surface area contributed by atoms with E-state index >= 15 is 0 Å². The average molecular weight is 345 g/mol. The molecule has 0 radical (unpaired) electrons. The maximum Gasteiger partial charge on any atom is 0.338 e. The van der Waals surface area contributed by atoms with E-state index in [-0.39, 0.29) is 12.5 Å². The van der Waals surface area contributed by atoms with Gasteiger partial charge in [0.25, 0.3) is 5.91 Å². The maximum absolute atomic E-state index is 12.2. The van der Waals surface area contributed by atoms with Gasteiger partial charge in [0.05, 0.1) is 5.56 Å². The molecular formula is C22H19NO3. The summed E-state index contributed by atoms with van der Waals surface area (Å²) in [7, 11) is 0. The van der Waals surface area contributed by atoms with Gasteiger partial charge in [-0.1, -0.05) is 42.5 Å². The van der Waals surface area contributed by atoms with E-state index in [4.69, 9.17) is 4.74 Å². The van der Waals surface area contributed by atoms with Crippen LogP contribution in [0, 0.1) is 0 Å². The van der Waals surface area contributed by atoms with Gasteiger partial charge >= 0.3 is 5.97 Å². The smallest absolute Gasteiger partial charge is 0.338 e. The van der Waals surface area contributed by atoms with Gasteiger partial charge in [-0.2, -0.15) is 0 Å². The number of carbonyl (C=O) groups is 2. The molecule has 1 N–H and O–H groups in total. The summed E-state index contributed by atoms with van der Waals surface area (Å²) in [6, 6.07) is 19.1. The molecule has 0 fully saturated rings. The van der Waals surface area contributed by atoms with Crippen molar-refractivity contribution in [2.24, 2.45) is 0 Å². The van der Waals surface area contributed by atoms with Crippen molar-refractivity contribution in [3.63, 3.8) is 0 Å². The fourth-order valence-electron chi connectivity index (χ4n) is 3.43. The standard InChI is InChI=1S/C22H19NO3/c24-21(23-20-10-4-7-16-5-1-2-9-19(16)20)14-26-22(25)18-12-11-15-6-3-8-17(15)13-18/h1-2,4-5,7,9-13H,3,6,8,14H2,(H,23,24). The van der Waals surface area contributed by atoms with Crippen LogP contribution in [0.15, 0.2) is 60.7 Å². The van der Waals surface area contributed by atoms with Crippen LogP contribution in [0.4, 0.5) is 5.69 Å². The molecule has 4 nitrogen and oxygen atoms in total. The molecule has 0 saturated carbocycles. The zero-order valence-corrected chi connectivity index (χ0v) is 14.3. The van der Waals surface area contributed by atoms with Crippen molar-refractivity contribution in [2.45, 2.75) is 19.3 Å². The van der Waals surface area contributed by atoms with Gasteiger partial charge in [0, 0.05) is 11.1 Å². The third kappa shape index (κ3) is 3.31. The lowest BCUT2D eigenvalue weighted by Gasteiger charge is -2.10. The molecule has 0 aromatic heterocycles. The van der Waals surface area contributed by atoms with Crippen molar-refractivity contribution >= 4 is 28.3 Å². The zero-order chi connectivity index (χ0) is 17.9. The molecule has 4 rings (SSSR count). The summed E-state index contributed by atoms with van der Waals surface area (Å²) in [6.45, 7) is -0.306. The third-order valence-electron chi connectivity index (χ3n) is 4.73. The normalized spacial score (nSPS) is 12.6. The Morgan fingerprint density at radius 1 is 0.923 bits per heavy atom. The molecule has 0 heterocycles. The van der Waals surface area contributed by atoms with Crippen LogP contribution < -0.4 is 5.32 Å². The summed E-state index contributed by atoms with van der Waals surface area (Å²) in [6.07, 6.45) is 3.19. The van der Waals surface area contributed by atoms with Crippen molar-refractivity contribution in [3.05, 3.63) is 77.4 Å². The molecule has 4 heteroatoms. The van der Waals surface area contributed by atoms with Gasteiger partial charge in [-0.25, -0.2) is 4.79 Å². The number of hydrogen-bond donors (Lipinski definition) is 1. The van der Waals surface area contributed by atoms with E-state index in [0.717, 1.165) is 30.0 Å². The number of ether oxygens (including phenoxy) is 1. The van der Waals surface area contributed by atoms with Gasteiger partial charge in [0.2, 0.25) is 0 Å². The molecule has 26 heavy (non-hydrogen) atoms. The van der Waals surface area contributed by atoms with Crippen molar-refractivity contribution in [2.75, 3.05) is 11.9 Å². The van der Waals surface area contributed by atoms with Crippen LogP contribution in [-0.4, -0.2) is 18.5 Å². The molecule has 3 aromatic carbocycles. The molecule has 0 unspecified atom stereocenters. The Morgan fingerprint density at radius 3 is 2.65 bits per heavy atom. The first-order chi connectivity index (χ1) is 12.7. The number of amides is 1. The van der Waals surface area contributed by atoms with Gasteiger partial charge in [-0.15, -0.1) is 0 Å². The average Bonchev–Trinajstić information content (AvgIpc) is 3.14. The minimum absolute atomic E-state index is 0.306. The highest BCUT2D eigenvalue weighted by atomic mass is 16.5. The first kappa shape index (κ1) is 16.3. The fraction of sp³-hybridized carbons (Fsp3) is 0.182. The lowest BCUT2D eigenvalue weighted by Crippen LogP contribution is -2.21. The highest BCUT2D eigenvalue weighted by Crippen LogP contribution is 2.24. The first-order valence-corrected chi connectivity index (χ1v) is 8.77. The lowest BCUT2D eigenvalue weighted by molar-refractivity contribution is -0.119. The number of nitrogens with one attached hydrogen (secondary N) is 1. The number of esters is 1. The molecule has 130 valence electrons. The monoisotopic (exact) mass is 345 g/mol. The molecule has 1 aliphatic carbocycles. The molecule has 0 atom stereocenters. The number of rotatable bonds is 4. The Balaban J connectivity index is 1.40. The quantitative estimate of drug-likeness (QED) is 0.724. The first-order valence-electron chi connectivity index (χ1n) is 8.77. The highest BCUT2D eigenvalue weighted by Gasteiger charge is 2.16. The Hall–Kier alpha value is -3.14. The van der Waals surface area contributed by atoms with E-state index in [1.807, 2.05) is 54.6 Å². The second-order valence-corrected chi connectivity index (χ2v) is 6.49. The number of benzene rings is 3. The van der Waals surface area contributed by atoms with Crippen LogP contribution in [-0.2, 0) is 22.4 Å². The molecule has 0 saturated heterocycles. The largest absolute Gasteiger partial charge is 0.452 e. The number of hydrogen-bond acceptors (Lipinski definition) is 3. The Labute approximate surface area is 151 Å². The Morgan fingerprint density at radius 2 is 1.73 bits per heavy atom. The summed E-state index contributed by atoms with van der Waals surface area (Å²) in [5.74, 6) is -0.816. The van der Waals surface area contributed by atoms with Crippen molar-refractivity contribution in [1.82, 2.24) is 0 Å². The molecule has 0 aliphatic heterocycles. The maximum atomic E-state index is 12.2. The van der Waals surface area contributed by atoms with Crippen LogP contribution >= 0.6 is 0 Å². The molecular weight excluding hydrogens is 326 g/mol. The van der Waals surface area contributed by atoms with E-state index < -0.39 is 5.97 Å². The van der Waals surface area contributed by atoms with Gasteiger partial charge in [0.1, 0.15) is 0 Å². The number of carbonyl (C=O) groups excluding carboxylic acids is 2. The van der Waals surface area contributed by atoms with Crippen molar-refractivity contribution in [1.29, 1.82) is 0 Å². The Bertz CT molecular complexity index is 988. The summed E-state index contributed by atoms with van der Waals surface area (Å²) in [5.41, 5.74) is 3.72. The summed E-state index contributed by atoms with van der Waals surface area (Å²) in [5, 5.41) is 4.81. The summed E-state index contributed by atoms with van der Waals surface area (Å²) < 4.78 is 5.18. The molecule has 0 spiro atoms. The van der Waals surface area contributed by atoms with Gasteiger partial charge < -0.3 is 10.1 Å². The highest BCUT2D eigenvalue weighted by molar-refractivity contribution is 6.03. The predicted octanol–water partition coefficient (Wildman–Crippen LogP) is 4.12. The summed E-state index contributed by atoms with van der Waals surface area (Å²) in [4.78, 5) is 24.4. The van der Waals surface area contributed by atoms with Gasteiger partial charge in [0.15, 0.2) is 6.61 Å². The fourth-order valence-corrected chi connectivity index (χ4v) is 3.43. The number of anilines is 1. The van der Waals surface area contributed by atoms with Crippen molar-refractivity contribution in [3.8, 4) is 0 Å². The van der Waals surface area contributed by atoms with E-state index in [9.17, 15) is 9.59 Å². The van der Waals surface area contributed by atoms with Crippen LogP contribution in [0.25, 0.3) is 10.8 Å². The van der Waals surface area contributed by atoms with Gasteiger partial charge in [-0.05, 0) is 54.0 Å². The van der Waals surface area contributed by atoms with Crippen LogP contribution in [0.5, 0.6) is 0 Å². The van der Waals surface area contributed by atoms with Gasteiger partial charge in [-0.3, -0.25) is 4.79 Å².